The number of ether oxygens (including phenoxy) is 1. The molecular weight excluding hydrogens is 398 g/mol. The van der Waals surface area contributed by atoms with Crippen molar-refractivity contribution in [2.45, 2.75) is 64.6 Å². The Bertz CT molecular complexity index is 782. The van der Waals surface area contributed by atoms with Gasteiger partial charge in [0.15, 0.2) is 0 Å². The second-order valence-corrected chi connectivity index (χ2v) is 9.02. The van der Waals surface area contributed by atoms with E-state index in [1.807, 2.05) is 0 Å². The molecule has 27 heavy (non-hydrogen) atoms. The monoisotopic (exact) mass is 427 g/mol. The molecule has 1 saturated heterocycles. The van der Waals surface area contributed by atoms with Crippen molar-refractivity contribution >= 4 is 15.9 Å². The van der Waals surface area contributed by atoms with E-state index < -0.39 is 0 Å². The predicted molar refractivity (Wildman–Crippen MR) is 115 cm³/mol. The lowest BCUT2D eigenvalue weighted by molar-refractivity contribution is 0.0677. The van der Waals surface area contributed by atoms with E-state index in [9.17, 15) is 0 Å². The van der Waals surface area contributed by atoms with Gasteiger partial charge in [0.1, 0.15) is 0 Å². The van der Waals surface area contributed by atoms with Crippen LogP contribution in [0.1, 0.15) is 53.5 Å². The quantitative estimate of drug-likeness (QED) is 0.575. The summed E-state index contributed by atoms with van der Waals surface area (Å²) in [4.78, 5) is 2.59. The first kappa shape index (κ1) is 19.2. The Hall–Kier alpha value is -1.16. The van der Waals surface area contributed by atoms with Crippen molar-refractivity contribution < 1.29 is 4.74 Å². The Morgan fingerprint density at radius 2 is 1.89 bits per heavy atom. The zero-order valence-electron chi connectivity index (χ0n) is 16.3. The van der Waals surface area contributed by atoms with E-state index in [0.29, 0.717) is 6.10 Å². The predicted octanol–water partition coefficient (Wildman–Crippen LogP) is 5.82. The highest BCUT2D eigenvalue weighted by molar-refractivity contribution is 9.10. The van der Waals surface area contributed by atoms with Crippen molar-refractivity contribution in [3.63, 3.8) is 0 Å². The molecule has 2 aromatic carbocycles. The molecule has 144 valence electrons. The zero-order chi connectivity index (χ0) is 18.6. The number of hydrogen-bond donors (Lipinski definition) is 0. The van der Waals surface area contributed by atoms with Crippen LogP contribution >= 0.6 is 15.9 Å². The standard InChI is InChI=1S/C24H30BrNO/c1-18-11-12-21(24(25)14-18)16-26(17-22-9-5-13-27-22)15-20-8-4-7-19-6-2-3-10-23(19)20/h4,7-8,11-12,14,22H,2-3,5-6,9-10,13,15-17H2,1H3. The van der Waals surface area contributed by atoms with Crippen molar-refractivity contribution in [1.82, 2.24) is 4.90 Å². The summed E-state index contributed by atoms with van der Waals surface area (Å²) < 4.78 is 7.18. The van der Waals surface area contributed by atoms with Crippen LogP contribution in [0.25, 0.3) is 0 Å². The molecule has 2 nitrogen and oxygen atoms in total. The van der Waals surface area contributed by atoms with Gasteiger partial charge in [-0.3, -0.25) is 4.90 Å². The van der Waals surface area contributed by atoms with Gasteiger partial charge in [-0.15, -0.1) is 0 Å². The van der Waals surface area contributed by atoms with Gasteiger partial charge >= 0.3 is 0 Å². The SMILES string of the molecule is Cc1ccc(CN(Cc2cccc3c2CCCC3)CC2CCCO2)c(Br)c1. The minimum absolute atomic E-state index is 0.383. The number of hydrogen-bond acceptors (Lipinski definition) is 2. The maximum absolute atomic E-state index is 5.97. The van der Waals surface area contributed by atoms with E-state index in [0.717, 1.165) is 26.2 Å². The largest absolute Gasteiger partial charge is 0.377 e. The van der Waals surface area contributed by atoms with E-state index >= 15 is 0 Å². The van der Waals surface area contributed by atoms with E-state index in [4.69, 9.17) is 4.74 Å². The Morgan fingerprint density at radius 1 is 1.04 bits per heavy atom. The van der Waals surface area contributed by atoms with Gasteiger partial charge in [-0.25, -0.2) is 0 Å². The Labute approximate surface area is 172 Å². The summed E-state index contributed by atoms with van der Waals surface area (Å²) in [5, 5.41) is 0. The molecule has 1 aliphatic heterocycles. The fraction of sp³-hybridized carbons (Fsp3) is 0.500. The van der Waals surface area contributed by atoms with Crippen LogP contribution in [0.5, 0.6) is 0 Å². The number of rotatable bonds is 6. The lowest BCUT2D eigenvalue weighted by Crippen LogP contribution is -2.32. The molecule has 3 heteroatoms. The lowest BCUT2D eigenvalue weighted by Gasteiger charge is -2.28. The molecule has 1 atom stereocenters. The molecule has 2 aliphatic rings. The average Bonchev–Trinajstić information content (AvgIpc) is 3.17. The van der Waals surface area contributed by atoms with Crippen molar-refractivity contribution in [3.8, 4) is 0 Å². The normalized spacial score (nSPS) is 19.4. The third kappa shape index (κ3) is 4.82. The molecule has 0 saturated carbocycles. The first-order valence-electron chi connectivity index (χ1n) is 10.4. The molecule has 1 fully saturated rings. The molecule has 0 aromatic heterocycles. The van der Waals surface area contributed by atoms with Gasteiger partial charge in [0.05, 0.1) is 6.10 Å². The summed E-state index contributed by atoms with van der Waals surface area (Å²) in [6.45, 7) is 6.07. The van der Waals surface area contributed by atoms with E-state index in [1.165, 1.54) is 59.7 Å². The fourth-order valence-corrected chi connectivity index (χ4v) is 5.15. The first-order chi connectivity index (χ1) is 13.2. The van der Waals surface area contributed by atoms with Gasteiger partial charge in [-0.05, 0) is 79.3 Å². The Kier molecular flexibility index (Phi) is 6.31. The molecule has 1 aliphatic carbocycles. The molecule has 0 spiro atoms. The van der Waals surface area contributed by atoms with Gasteiger partial charge in [0, 0.05) is 30.7 Å². The van der Waals surface area contributed by atoms with Gasteiger partial charge in [0.2, 0.25) is 0 Å². The lowest BCUT2D eigenvalue weighted by atomic mass is 9.88. The van der Waals surface area contributed by atoms with Crippen LogP contribution in [0.3, 0.4) is 0 Å². The molecule has 1 unspecified atom stereocenters. The average molecular weight is 428 g/mol. The van der Waals surface area contributed by atoms with Crippen LogP contribution in [0.4, 0.5) is 0 Å². The van der Waals surface area contributed by atoms with Crippen LogP contribution in [-0.2, 0) is 30.7 Å². The Balaban J connectivity index is 1.56. The second-order valence-electron chi connectivity index (χ2n) is 8.16. The first-order valence-corrected chi connectivity index (χ1v) is 11.2. The number of nitrogens with zero attached hydrogens (tertiary/aromatic N) is 1. The van der Waals surface area contributed by atoms with E-state index in [2.05, 4.69) is 64.2 Å². The fourth-order valence-electron chi connectivity index (χ4n) is 4.53. The van der Waals surface area contributed by atoms with Crippen LogP contribution < -0.4 is 0 Å². The van der Waals surface area contributed by atoms with Crippen molar-refractivity contribution in [2.75, 3.05) is 13.2 Å². The summed E-state index contributed by atoms with van der Waals surface area (Å²) in [7, 11) is 0. The molecule has 0 radical (unpaired) electrons. The summed E-state index contributed by atoms with van der Waals surface area (Å²) in [5.74, 6) is 0. The van der Waals surface area contributed by atoms with E-state index in [1.54, 1.807) is 11.1 Å². The summed E-state index contributed by atoms with van der Waals surface area (Å²) in [6, 6.07) is 13.6. The molecule has 0 amide bonds. The highest BCUT2D eigenvalue weighted by Crippen LogP contribution is 2.27. The molecule has 4 rings (SSSR count). The highest BCUT2D eigenvalue weighted by atomic mass is 79.9. The van der Waals surface area contributed by atoms with Gasteiger partial charge in [-0.1, -0.05) is 46.3 Å². The van der Waals surface area contributed by atoms with Gasteiger partial charge in [0.25, 0.3) is 0 Å². The van der Waals surface area contributed by atoms with Gasteiger partial charge in [-0.2, -0.15) is 0 Å². The third-order valence-electron chi connectivity index (χ3n) is 5.98. The topological polar surface area (TPSA) is 12.5 Å². The highest BCUT2D eigenvalue weighted by Gasteiger charge is 2.22. The molecular formula is C24H30BrNO. The number of benzene rings is 2. The minimum atomic E-state index is 0.383. The van der Waals surface area contributed by atoms with Crippen molar-refractivity contribution in [2.24, 2.45) is 0 Å². The van der Waals surface area contributed by atoms with Crippen molar-refractivity contribution in [3.05, 3.63) is 68.7 Å². The summed E-state index contributed by atoms with van der Waals surface area (Å²) in [6.07, 6.45) is 7.94. The van der Waals surface area contributed by atoms with Crippen LogP contribution in [0.15, 0.2) is 40.9 Å². The third-order valence-corrected chi connectivity index (χ3v) is 6.71. The van der Waals surface area contributed by atoms with E-state index in [-0.39, 0.29) is 0 Å². The molecule has 2 aromatic rings. The van der Waals surface area contributed by atoms with Crippen molar-refractivity contribution in [1.29, 1.82) is 0 Å². The Morgan fingerprint density at radius 3 is 2.70 bits per heavy atom. The number of aryl methyl sites for hydroxylation is 2. The van der Waals surface area contributed by atoms with Crippen LogP contribution in [-0.4, -0.2) is 24.2 Å². The number of fused-ring (bicyclic) bond motifs is 1. The second kappa shape index (κ2) is 8.89. The maximum atomic E-state index is 5.97. The summed E-state index contributed by atoms with van der Waals surface area (Å²) >= 11 is 3.78. The number of halogens is 1. The minimum Gasteiger partial charge on any atom is -0.377 e. The zero-order valence-corrected chi connectivity index (χ0v) is 17.9. The smallest absolute Gasteiger partial charge is 0.0703 e. The molecule has 0 bridgehead atoms. The van der Waals surface area contributed by atoms with Gasteiger partial charge < -0.3 is 4.74 Å². The van der Waals surface area contributed by atoms with Crippen LogP contribution in [0.2, 0.25) is 0 Å². The maximum Gasteiger partial charge on any atom is 0.0703 e. The van der Waals surface area contributed by atoms with Crippen LogP contribution in [0, 0.1) is 6.92 Å². The summed E-state index contributed by atoms with van der Waals surface area (Å²) in [5.41, 5.74) is 7.38. The molecule has 1 heterocycles. The molecule has 0 N–H and O–H groups in total.